The van der Waals surface area contributed by atoms with Crippen molar-refractivity contribution in [1.82, 2.24) is 0 Å². The van der Waals surface area contributed by atoms with Crippen LogP contribution in [0.3, 0.4) is 0 Å². The minimum Gasteiger partial charge on any atom is -0.324 e. The smallest absolute Gasteiger partial charge is 0.324 e. The molecule has 0 aliphatic carbocycles. The molecule has 0 radical (unpaired) electrons. The summed E-state index contributed by atoms with van der Waals surface area (Å²) in [7, 11) is 0. The maximum absolute atomic E-state index is 13.0. The average molecular weight is 438 g/mol. The zero-order chi connectivity index (χ0) is 20.6. The molecule has 1 amide bonds. The van der Waals surface area contributed by atoms with Gasteiger partial charge in [0.2, 0.25) is 5.91 Å². The molecule has 0 aromatic heterocycles. The zero-order valence-corrected chi connectivity index (χ0v) is 13.5. The SMILES string of the molecule is O=C(CSC(F)(F)C(F)(F)C(F)(F)F)Nc1cc(C(F)(F)F)ccc1Cl. The molecule has 14 heteroatoms. The van der Waals surface area contributed by atoms with Crippen LogP contribution in [0.5, 0.6) is 0 Å². The fraction of sp³-hybridized carbons (Fsp3) is 0.417. The molecule has 0 aliphatic heterocycles. The number of benzene rings is 1. The van der Waals surface area contributed by atoms with Gasteiger partial charge >= 0.3 is 23.5 Å². The van der Waals surface area contributed by atoms with Crippen molar-refractivity contribution >= 4 is 35.0 Å². The number of carbonyl (C=O) groups is 1. The van der Waals surface area contributed by atoms with Gasteiger partial charge in [0.05, 0.1) is 22.0 Å². The molecule has 0 spiro atoms. The van der Waals surface area contributed by atoms with E-state index in [0.29, 0.717) is 12.1 Å². The molecule has 148 valence electrons. The second kappa shape index (κ2) is 7.33. The van der Waals surface area contributed by atoms with Crippen LogP contribution in [0.15, 0.2) is 18.2 Å². The molecule has 1 rings (SSSR count). The summed E-state index contributed by atoms with van der Waals surface area (Å²) in [4.78, 5) is 11.4. The van der Waals surface area contributed by atoms with Crippen LogP contribution in [0.4, 0.5) is 49.6 Å². The lowest BCUT2D eigenvalue weighted by Crippen LogP contribution is -2.50. The van der Waals surface area contributed by atoms with Crippen LogP contribution in [0.1, 0.15) is 5.56 Å². The number of halogens is 11. The van der Waals surface area contributed by atoms with Crippen molar-refractivity contribution in [2.45, 2.75) is 23.5 Å². The topological polar surface area (TPSA) is 29.1 Å². The van der Waals surface area contributed by atoms with Gasteiger partial charge in [0.1, 0.15) is 0 Å². The molecule has 0 saturated heterocycles. The Morgan fingerprint density at radius 2 is 1.54 bits per heavy atom. The summed E-state index contributed by atoms with van der Waals surface area (Å²) in [6, 6.07) is 1.61. The Hall–Kier alpha value is -1.37. The molecule has 0 atom stereocenters. The number of rotatable bonds is 5. The Kier molecular flexibility index (Phi) is 6.39. The Balaban J connectivity index is 2.85. The Morgan fingerprint density at radius 1 is 1.00 bits per heavy atom. The minimum absolute atomic E-state index is 0.341. The van der Waals surface area contributed by atoms with E-state index in [0.717, 1.165) is 6.07 Å². The summed E-state index contributed by atoms with van der Waals surface area (Å²) in [6.45, 7) is 0. The predicted octanol–water partition coefficient (Wildman–Crippen LogP) is 5.82. The van der Waals surface area contributed by atoms with Gasteiger partial charge in [-0.1, -0.05) is 23.4 Å². The quantitative estimate of drug-likeness (QED) is 0.588. The van der Waals surface area contributed by atoms with E-state index in [-0.39, 0.29) is 0 Å². The van der Waals surface area contributed by atoms with Gasteiger partial charge in [-0.15, -0.1) is 0 Å². The third-order valence-electron chi connectivity index (χ3n) is 2.67. The minimum atomic E-state index is -6.57. The van der Waals surface area contributed by atoms with Gasteiger partial charge in [-0.3, -0.25) is 4.79 Å². The standard InChI is InChI=1S/C12H6ClF10NOS/c13-6-2-1-5(9(14,15)16)3-7(6)24-8(25)4-26-12(22,23)10(17,18)11(19,20)21/h1-3H,4H2,(H,24,25). The highest BCUT2D eigenvalue weighted by molar-refractivity contribution is 8.01. The second-order valence-corrected chi connectivity index (χ2v) is 6.12. The molecule has 0 unspecified atom stereocenters. The molecule has 0 fully saturated rings. The summed E-state index contributed by atoms with van der Waals surface area (Å²) < 4.78 is 125. The van der Waals surface area contributed by atoms with Gasteiger partial charge in [-0.25, -0.2) is 0 Å². The lowest BCUT2D eigenvalue weighted by molar-refractivity contribution is -0.330. The van der Waals surface area contributed by atoms with Crippen molar-refractivity contribution in [1.29, 1.82) is 0 Å². The number of hydrogen-bond acceptors (Lipinski definition) is 2. The summed E-state index contributed by atoms with van der Waals surface area (Å²) in [6.07, 6.45) is -11.4. The van der Waals surface area contributed by atoms with E-state index in [1.807, 2.05) is 0 Å². The van der Waals surface area contributed by atoms with Crippen molar-refractivity contribution < 1.29 is 48.7 Å². The van der Waals surface area contributed by atoms with E-state index >= 15 is 0 Å². The number of amides is 1. The molecular weight excluding hydrogens is 432 g/mol. The van der Waals surface area contributed by atoms with Gasteiger partial charge in [-0.2, -0.15) is 43.9 Å². The van der Waals surface area contributed by atoms with Crippen molar-refractivity contribution in [3.63, 3.8) is 0 Å². The maximum atomic E-state index is 13.0. The van der Waals surface area contributed by atoms with E-state index in [9.17, 15) is 48.7 Å². The van der Waals surface area contributed by atoms with Crippen LogP contribution in [0, 0.1) is 0 Å². The third kappa shape index (κ3) is 5.09. The monoisotopic (exact) mass is 437 g/mol. The van der Waals surface area contributed by atoms with Crippen LogP contribution in [0.25, 0.3) is 0 Å². The summed E-state index contributed by atoms with van der Waals surface area (Å²) in [5.74, 6) is -9.59. The highest BCUT2D eigenvalue weighted by atomic mass is 35.5. The number of thioether (sulfide) groups is 1. The largest absolute Gasteiger partial charge is 0.460 e. The lowest BCUT2D eigenvalue weighted by atomic mass is 10.2. The summed E-state index contributed by atoms with van der Waals surface area (Å²) >= 11 is 4.18. The van der Waals surface area contributed by atoms with Crippen molar-refractivity contribution in [3.8, 4) is 0 Å². The normalized spacial score (nSPS) is 13.7. The first-order valence-electron chi connectivity index (χ1n) is 6.12. The molecule has 0 aliphatic rings. The molecule has 0 heterocycles. The van der Waals surface area contributed by atoms with Gasteiger partial charge in [0.25, 0.3) is 0 Å². The Morgan fingerprint density at radius 3 is 2.00 bits per heavy atom. The lowest BCUT2D eigenvalue weighted by Gasteiger charge is -2.27. The molecule has 1 aromatic rings. The molecule has 0 bridgehead atoms. The number of carbonyl (C=O) groups excluding carboxylic acids is 1. The van der Waals surface area contributed by atoms with Crippen LogP contribution < -0.4 is 5.32 Å². The average Bonchev–Trinajstić information content (AvgIpc) is 2.45. The van der Waals surface area contributed by atoms with Gasteiger partial charge < -0.3 is 5.32 Å². The van der Waals surface area contributed by atoms with Crippen molar-refractivity contribution in [2.24, 2.45) is 0 Å². The maximum Gasteiger partial charge on any atom is 0.460 e. The van der Waals surface area contributed by atoms with Crippen LogP contribution in [-0.4, -0.2) is 29.0 Å². The number of nitrogens with one attached hydrogen (secondary N) is 1. The second-order valence-electron chi connectivity index (χ2n) is 4.62. The Labute approximate surface area is 147 Å². The third-order valence-corrected chi connectivity index (χ3v) is 4.03. The molecular formula is C12H6ClF10NOS. The van der Waals surface area contributed by atoms with Gasteiger partial charge in [0, 0.05) is 0 Å². The van der Waals surface area contributed by atoms with Crippen LogP contribution in [-0.2, 0) is 11.0 Å². The fourth-order valence-corrected chi connectivity index (χ4v) is 2.24. The predicted molar refractivity (Wildman–Crippen MR) is 73.5 cm³/mol. The molecule has 1 aromatic carbocycles. The van der Waals surface area contributed by atoms with Crippen LogP contribution >= 0.6 is 23.4 Å². The highest BCUT2D eigenvalue weighted by Crippen LogP contribution is 2.51. The summed E-state index contributed by atoms with van der Waals surface area (Å²) in [5, 5.41) is -4.49. The van der Waals surface area contributed by atoms with E-state index in [4.69, 9.17) is 11.6 Å². The first kappa shape index (κ1) is 22.7. The first-order chi connectivity index (χ1) is 11.5. The number of hydrogen-bond donors (Lipinski definition) is 1. The zero-order valence-electron chi connectivity index (χ0n) is 11.9. The first-order valence-corrected chi connectivity index (χ1v) is 7.48. The van der Waals surface area contributed by atoms with E-state index in [2.05, 4.69) is 0 Å². The van der Waals surface area contributed by atoms with E-state index in [1.165, 1.54) is 0 Å². The molecule has 26 heavy (non-hydrogen) atoms. The van der Waals surface area contributed by atoms with Crippen molar-refractivity contribution in [2.75, 3.05) is 11.1 Å². The Bertz CT molecular complexity index is 673. The number of alkyl halides is 10. The summed E-state index contributed by atoms with van der Waals surface area (Å²) in [5.41, 5.74) is -1.95. The molecule has 0 saturated carbocycles. The van der Waals surface area contributed by atoms with Crippen molar-refractivity contribution in [3.05, 3.63) is 28.8 Å². The van der Waals surface area contributed by atoms with E-state index in [1.54, 1.807) is 5.32 Å². The highest BCUT2D eigenvalue weighted by Gasteiger charge is 2.73. The molecule has 2 nitrogen and oxygen atoms in total. The number of anilines is 1. The fourth-order valence-electron chi connectivity index (χ4n) is 1.40. The molecule has 1 N–H and O–H groups in total. The van der Waals surface area contributed by atoms with Gasteiger partial charge in [0.15, 0.2) is 0 Å². The van der Waals surface area contributed by atoms with E-state index < -0.39 is 63.2 Å². The van der Waals surface area contributed by atoms with Crippen LogP contribution in [0.2, 0.25) is 5.02 Å². The van der Waals surface area contributed by atoms with Gasteiger partial charge in [-0.05, 0) is 18.2 Å².